The molecule has 0 amide bonds. The lowest BCUT2D eigenvalue weighted by atomic mass is 10.1. The Morgan fingerprint density at radius 1 is 0.794 bits per heavy atom. The number of hydrogen-bond donors (Lipinski definition) is 2. The summed E-state index contributed by atoms with van der Waals surface area (Å²) in [6.45, 7) is 1.88. The van der Waals surface area contributed by atoms with Gasteiger partial charge in [0.2, 0.25) is 5.75 Å². The maximum absolute atomic E-state index is 13.0. The van der Waals surface area contributed by atoms with Gasteiger partial charge in [-0.3, -0.25) is 4.72 Å². The van der Waals surface area contributed by atoms with Crippen LogP contribution in [0.2, 0.25) is 0 Å². The molecule has 180 valence electrons. The highest BCUT2D eigenvalue weighted by atomic mass is 32.2. The van der Waals surface area contributed by atoms with Crippen LogP contribution in [0.4, 0.5) is 5.69 Å². The minimum atomic E-state index is -3.88. The van der Waals surface area contributed by atoms with Gasteiger partial charge in [-0.05, 0) is 42.8 Å². The minimum Gasteiger partial charge on any atom is -0.504 e. The van der Waals surface area contributed by atoms with Gasteiger partial charge in [0.15, 0.2) is 23.0 Å². The fourth-order valence-corrected chi connectivity index (χ4v) is 4.36. The molecular formula is C25H27NO7S. The second kappa shape index (κ2) is 10.4. The number of phenolic OH excluding ortho intramolecular Hbond substituents is 1. The van der Waals surface area contributed by atoms with Gasteiger partial charge >= 0.3 is 0 Å². The molecule has 0 aliphatic carbocycles. The first kappa shape index (κ1) is 24.8. The molecule has 0 unspecified atom stereocenters. The summed E-state index contributed by atoms with van der Waals surface area (Å²) < 4.78 is 49.8. The molecule has 0 aliphatic heterocycles. The molecule has 0 atom stereocenters. The van der Waals surface area contributed by atoms with Crippen LogP contribution in [-0.2, 0) is 10.0 Å². The van der Waals surface area contributed by atoms with E-state index >= 15 is 0 Å². The molecular weight excluding hydrogens is 458 g/mol. The van der Waals surface area contributed by atoms with E-state index in [0.717, 1.165) is 5.56 Å². The van der Waals surface area contributed by atoms with E-state index in [1.807, 2.05) is 6.92 Å². The second-order valence-electron chi connectivity index (χ2n) is 7.32. The molecule has 3 aromatic rings. The zero-order chi connectivity index (χ0) is 24.9. The lowest BCUT2D eigenvalue weighted by Crippen LogP contribution is -2.13. The van der Waals surface area contributed by atoms with Gasteiger partial charge in [-0.25, -0.2) is 8.42 Å². The molecule has 0 aromatic heterocycles. The number of sulfonamides is 1. The summed E-state index contributed by atoms with van der Waals surface area (Å²) in [6.07, 6.45) is 3.39. The van der Waals surface area contributed by atoms with Crippen LogP contribution in [-0.4, -0.2) is 42.0 Å². The van der Waals surface area contributed by atoms with E-state index in [2.05, 4.69) is 4.72 Å². The molecule has 3 rings (SSSR count). The normalized spacial score (nSPS) is 11.3. The van der Waals surface area contributed by atoms with Crippen LogP contribution in [0.15, 0.2) is 53.4 Å². The number of methoxy groups -OCH3 is 4. The van der Waals surface area contributed by atoms with Crippen LogP contribution < -0.4 is 23.7 Å². The van der Waals surface area contributed by atoms with Gasteiger partial charge in [-0.1, -0.05) is 29.8 Å². The SMILES string of the molecule is COc1cc(NS(=O)(=O)c2ccc(C)cc2)c(C=Cc2cc(OC)c(OC)c(OC)c2)cc1O. The molecule has 0 fully saturated rings. The number of ether oxygens (including phenoxy) is 4. The van der Waals surface area contributed by atoms with Gasteiger partial charge in [-0.2, -0.15) is 0 Å². The van der Waals surface area contributed by atoms with Crippen LogP contribution in [0.5, 0.6) is 28.7 Å². The first-order valence-electron chi connectivity index (χ1n) is 10.2. The van der Waals surface area contributed by atoms with Crippen molar-refractivity contribution < 1.29 is 32.5 Å². The zero-order valence-corrected chi connectivity index (χ0v) is 20.4. The van der Waals surface area contributed by atoms with E-state index in [0.29, 0.717) is 28.4 Å². The van der Waals surface area contributed by atoms with Crippen molar-refractivity contribution in [3.63, 3.8) is 0 Å². The molecule has 0 spiro atoms. The largest absolute Gasteiger partial charge is 0.504 e. The van der Waals surface area contributed by atoms with Crippen molar-refractivity contribution >= 4 is 27.9 Å². The van der Waals surface area contributed by atoms with E-state index < -0.39 is 10.0 Å². The Kier molecular flexibility index (Phi) is 7.57. The monoisotopic (exact) mass is 485 g/mol. The quantitative estimate of drug-likeness (QED) is 0.334. The highest BCUT2D eigenvalue weighted by molar-refractivity contribution is 7.92. The van der Waals surface area contributed by atoms with Crippen LogP contribution in [0, 0.1) is 6.92 Å². The number of phenols is 1. The van der Waals surface area contributed by atoms with Crippen molar-refractivity contribution in [2.45, 2.75) is 11.8 Å². The van der Waals surface area contributed by atoms with E-state index in [1.54, 1.807) is 36.4 Å². The Morgan fingerprint density at radius 2 is 1.38 bits per heavy atom. The molecule has 2 N–H and O–H groups in total. The predicted molar refractivity (Wildman–Crippen MR) is 132 cm³/mol. The standard InChI is InChI=1S/C25H27NO7S/c1-16-6-10-19(11-7-16)34(28,29)26-20-15-22(30-2)21(27)14-18(20)9-8-17-12-23(31-3)25(33-5)24(13-17)32-4/h6-15,26-27H,1-5H3. The summed E-state index contributed by atoms with van der Waals surface area (Å²) in [6, 6.07) is 12.8. The van der Waals surface area contributed by atoms with Gasteiger partial charge in [0.1, 0.15) is 0 Å². The zero-order valence-electron chi connectivity index (χ0n) is 19.6. The van der Waals surface area contributed by atoms with Crippen molar-refractivity contribution in [1.29, 1.82) is 0 Å². The summed E-state index contributed by atoms with van der Waals surface area (Å²) in [5.74, 6) is 1.39. The summed E-state index contributed by atoms with van der Waals surface area (Å²) in [7, 11) is 2.06. The smallest absolute Gasteiger partial charge is 0.261 e. The molecule has 0 radical (unpaired) electrons. The number of aryl methyl sites for hydroxylation is 1. The average molecular weight is 486 g/mol. The highest BCUT2D eigenvalue weighted by Gasteiger charge is 2.18. The third-order valence-electron chi connectivity index (χ3n) is 5.07. The van der Waals surface area contributed by atoms with Gasteiger partial charge < -0.3 is 24.1 Å². The van der Waals surface area contributed by atoms with Crippen LogP contribution in [0.3, 0.4) is 0 Å². The third-order valence-corrected chi connectivity index (χ3v) is 6.45. The molecule has 0 bridgehead atoms. The Balaban J connectivity index is 2.04. The topological polar surface area (TPSA) is 103 Å². The number of benzene rings is 3. The summed E-state index contributed by atoms with van der Waals surface area (Å²) >= 11 is 0. The Hall–Kier alpha value is -3.85. The van der Waals surface area contributed by atoms with E-state index in [9.17, 15) is 13.5 Å². The molecule has 0 aliphatic rings. The molecule has 34 heavy (non-hydrogen) atoms. The average Bonchev–Trinajstić information content (AvgIpc) is 2.83. The van der Waals surface area contributed by atoms with Crippen molar-refractivity contribution in [2.75, 3.05) is 33.2 Å². The lowest BCUT2D eigenvalue weighted by molar-refractivity contribution is 0.324. The van der Waals surface area contributed by atoms with Crippen LogP contribution in [0.25, 0.3) is 12.2 Å². The van der Waals surface area contributed by atoms with Crippen LogP contribution in [0.1, 0.15) is 16.7 Å². The van der Waals surface area contributed by atoms with Gasteiger partial charge in [0.05, 0.1) is 39.0 Å². The van der Waals surface area contributed by atoms with Crippen molar-refractivity contribution in [2.24, 2.45) is 0 Å². The van der Waals surface area contributed by atoms with Gasteiger partial charge in [0, 0.05) is 11.6 Å². The number of aromatic hydroxyl groups is 1. The van der Waals surface area contributed by atoms with Crippen molar-refractivity contribution in [3.05, 3.63) is 65.2 Å². The summed E-state index contributed by atoms with van der Waals surface area (Å²) in [5.41, 5.74) is 2.30. The molecule has 9 heteroatoms. The third kappa shape index (κ3) is 5.37. The van der Waals surface area contributed by atoms with Crippen molar-refractivity contribution in [3.8, 4) is 28.7 Å². The fourth-order valence-electron chi connectivity index (χ4n) is 3.28. The first-order valence-corrected chi connectivity index (χ1v) is 11.7. The molecule has 0 saturated carbocycles. The fraction of sp³-hybridized carbons (Fsp3) is 0.200. The minimum absolute atomic E-state index is 0.115. The van der Waals surface area contributed by atoms with E-state index in [1.165, 1.54) is 52.7 Å². The van der Waals surface area contributed by atoms with E-state index in [-0.39, 0.29) is 22.1 Å². The first-order chi connectivity index (χ1) is 16.2. The Labute approximate surface area is 199 Å². The lowest BCUT2D eigenvalue weighted by Gasteiger charge is -2.14. The number of nitrogens with one attached hydrogen (secondary N) is 1. The summed E-state index contributed by atoms with van der Waals surface area (Å²) in [4.78, 5) is 0.115. The maximum Gasteiger partial charge on any atom is 0.261 e. The predicted octanol–water partition coefficient (Wildman–Crippen LogP) is 4.71. The number of rotatable bonds is 9. The van der Waals surface area contributed by atoms with Gasteiger partial charge in [0.25, 0.3) is 10.0 Å². The molecule has 0 heterocycles. The van der Waals surface area contributed by atoms with Crippen molar-refractivity contribution in [1.82, 2.24) is 0 Å². The molecule has 3 aromatic carbocycles. The maximum atomic E-state index is 13.0. The van der Waals surface area contributed by atoms with Crippen LogP contribution >= 0.6 is 0 Å². The number of anilines is 1. The van der Waals surface area contributed by atoms with E-state index in [4.69, 9.17) is 18.9 Å². The Bertz CT molecular complexity index is 1270. The van der Waals surface area contributed by atoms with Gasteiger partial charge in [-0.15, -0.1) is 0 Å². The second-order valence-corrected chi connectivity index (χ2v) is 9.00. The molecule has 0 saturated heterocycles. The number of hydrogen-bond acceptors (Lipinski definition) is 7. The molecule has 8 nitrogen and oxygen atoms in total. The summed E-state index contributed by atoms with van der Waals surface area (Å²) in [5, 5.41) is 10.3. The highest BCUT2D eigenvalue weighted by Crippen LogP contribution is 2.39. The Morgan fingerprint density at radius 3 is 1.91 bits per heavy atom.